The van der Waals surface area contributed by atoms with E-state index in [1.54, 1.807) is 13.2 Å². The molecule has 0 saturated heterocycles. The van der Waals surface area contributed by atoms with Crippen LogP contribution in [0.5, 0.6) is 0 Å². The lowest BCUT2D eigenvalue weighted by atomic mass is 10.1. The van der Waals surface area contributed by atoms with Crippen LogP contribution in [-0.4, -0.2) is 30.2 Å². The maximum absolute atomic E-state index is 5.88. The molecule has 0 fully saturated rings. The molecule has 1 rings (SSSR count). The number of hydrogen-bond donors (Lipinski definition) is 1. The lowest BCUT2D eigenvalue weighted by molar-refractivity contribution is 0.210. The van der Waals surface area contributed by atoms with Crippen molar-refractivity contribution in [3.63, 3.8) is 0 Å². The van der Waals surface area contributed by atoms with Crippen LogP contribution in [0.1, 0.15) is 25.5 Å². The van der Waals surface area contributed by atoms with Crippen molar-refractivity contribution in [3.8, 4) is 0 Å². The number of nitrogens with zero attached hydrogens (tertiary/aromatic N) is 2. The first-order valence-electron chi connectivity index (χ1n) is 4.90. The van der Waals surface area contributed by atoms with Gasteiger partial charge in [-0.3, -0.25) is 0 Å². The van der Waals surface area contributed by atoms with E-state index in [0.717, 1.165) is 5.69 Å². The van der Waals surface area contributed by atoms with Crippen molar-refractivity contribution in [2.24, 2.45) is 0 Å². The van der Waals surface area contributed by atoms with Crippen LogP contribution in [0.25, 0.3) is 0 Å². The van der Waals surface area contributed by atoms with Crippen LogP contribution >= 0.6 is 11.6 Å². The van der Waals surface area contributed by atoms with Crippen LogP contribution < -0.4 is 5.32 Å². The third-order valence-corrected chi connectivity index (χ3v) is 2.09. The van der Waals surface area contributed by atoms with Crippen LogP contribution in [0.3, 0.4) is 0 Å². The Bertz CT molecular complexity index is 318. The Morgan fingerprint density at radius 1 is 1.47 bits per heavy atom. The van der Waals surface area contributed by atoms with E-state index in [4.69, 9.17) is 16.3 Å². The number of nitrogens with one attached hydrogen (secondary N) is 1. The first-order valence-corrected chi connectivity index (χ1v) is 5.28. The fourth-order valence-corrected chi connectivity index (χ4v) is 1.27. The molecule has 0 aliphatic carbocycles. The van der Waals surface area contributed by atoms with Gasteiger partial charge in [-0.1, -0.05) is 25.4 Å². The minimum Gasteiger partial charge on any atom is -0.383 e. The van der Waals surface area contributed by atoms with Gasteiger partial charge < -0.3 is 10.1 Å². The van der Waals surface area contributed by atoms with Crippen molar-refractivity contribution >= 4 is 17.5 Å². The first-order chi connectivity index (χ1) is 7.13. The van der Waals surface area contributed by atoms with E-state index < -0.39 is 0 Å². The Morgan fingerprint density at radius 3 is 2.80 bits per heavy atom. The van der Waals surface area contributed by atoms with Gasteiger partial charge in [0, 0.05) is 13.7 Å². The maximum atomic E-state index is 5.88. The lowest BCUT2D eigenvalue weighted by Gasteiger charge is -2.08. The van der Waals surface area contributed by atoms with Gasteiger partial charge in [0.25, 0.3) is 0 Å². The molecular formula is C10H16ClN3O. The lowest BCUT2D eigenvalue weighted by Crippen LogP contribution is -2.11. The molecule has 15 heavy (non-hydrogen) atoms. The predicted octanol–water partition coefficient (Wildman–Crippen LogP) is 2.31. The fraction of sp³-hybridized carbons (Fsp3) is 0.600. The summed E-state index contributed by atoms with van der Waals surface area (Å²) in [6.07, 6.45) is 0. The van der Waals surface area contributed by atoms with E-state index >= 15 is 0 Å². The van der Waals surface area contributed by atoms with Crippen molar-refractivity contribution in [3.05, 3.63) is 16.9 Å². The molecule has 4 nitrogen and oxygen atoms in total. The number of methoxy groups -OCH3 is 1. The SMILES string of the molecule is COCCNc1nc(Cl)cc(C(C)C)n1. The van der Waals surface area contributed by atoms with Crippen molar-refractivity contribution in [2.75, 3.05) is 25.6 Å². The zero-order valence-electron chi connectivity index (χ0n) is 9.25. The Hall–Kier alpha value is -0.870. The summed E-state index contributed by atoms with van der Waals surface area (Å²) in [5, 5.41) is 3.52. The normalized spacial score (nSPS) is 10.7. The Balaban J connectivity index is 2.71. The molecule has 1 aromatic heterocycles. The molecule has 1 heterocycles. The summed E-state index contributed by atoms with van der Waals surface area (Å²) in [6.45, 7) is 5.43. The zero-order valence-corrected chi connectivity index (χ0v) is 10.0. The van der Waals surface area contributed by atoms with Gasteiger partial charge in [-0.25, -0.2) is 9.97 Å². The molecule has 0 aliphatic rings. The molecule has 1 N–H and O–H groups in total. The molecule has 0 aliphatic heterocycles. The zero-order chi connectivity index (χ0) is 11.3. The Morgan fingerprint density at radius 2 is 2.20 bits per heavy atom. The molecule has 0 atom stereocenters. The molecule has 0 unspecified atom stereocenters. The molecule has 84 valence electrons. The minimum atomic E-state index is 0.341. The van der Waals surface area contributed by atoms with E-state index in [-0.39, 0.29) is 0 Å². The summed E-state index contributed by atoms with van der Waals surface area (Å²) in [6, 6.07) is 1.79. The van der Waals surface area contributed by atoms with Gasteiger partial charge in [0.15, 0.2) is 0 Å². The molecule has 1 aromatic rings. The van der Waals surface area contributed by atoms with Gasteiger partial charge in [0.2, 0.25) is 5.95 Å². The van der Waals surface area contributed by atoms with Crippen LogP contribution in [0, 0.1) is 0 Å². The number of ether oxygens (including phenoxy) is 1. The standard InChI is InChI=1S/C10H16ClN3O/c1-7(2)8-6-9(11)14-10(13-8)12-4-5-15-3/h6-7H,4-5H2,1-3H3,(H,12,13,14). The summed E-state index contributed by atoms with van der Waals surface area (Å²) in [7, 11) is 1.65. The van der Waals surface area contributed by atoms with Gasteiger partial charge in [-0.2, -0.15) is 0 Å². The number of anilines is 1. The third kappa shape index (κ3) is 4.01. The van der Waals surface area contributed by atoms with E-state index in [2.05, 4.69) is 29.1 Å². The maximum Gasteiger partial charge on any atom is 0.224 e. The third-order valence-electron chi connectivity index (χ3n) is 1.90. The first kappa shape index (κ1) is 12.2. The summed E-state index contributed by atoms with van der Waals surface area (Å²) in [4.78, 5) is 8.42. The summed E-state index contributed by atoms with van der Waals surface area (Å²) in [5.74, 6) is 0.900. The van der Waals surface area contributed by atoms with Crippen molar-refractivity contribution in [2.45, 2.75) is 19.8 Å². The molecule has 0 bridgehead atoms. The number of rotatable bonds is 5. The summed E-state index contributed by atoms with van der Waals surface area (Å²) in [5.41, 5.74) is 0.940. The largest absolute Gasteiger partial charge is 0.383 e. The summed E-state index contributed by atoms with van der Waals surface area (Å²) >= 11 is 5.88. The highest BCUT2D eigenvalue weighted by molar-refractivity contribution is 6.29. The second-order valence-corrected chi connectivity index (χ2v) is 3.90. The highest BCUT2D eigenvalue weighted by Crippen LogP contribution is 2.17. The minimum absolute atomic E-state index is 0.341. The average molecular weight is 230 g/mol. The van der Waals surface area contributed by atoms with Crippen LogP contribution in [0.2, 0.25) is 5.15 Å². The van der Waals surface area contributed by atoms with Crippen molar-refractivity contribution in [1.29, 1.82) is 0 Å². The topological polar surface area (TPSA) is 47.0 Å². The van der Waals surface area contributed by atoms with E-state index in [0.29, 0.717) is 30.2 Å². The average Bonchev–Trinajstić information content (AvgIpc) is 2.17. The van der Waals surface area contributed by atoms with E-state index in [1.807, 2.05) is 0 Å². The highest BCUT2D eigenvalue weighted by Gasteiger charge is 2.05. The Labute approximate surface area is 95.0 Å². The number of aromatic nitrogens is 2. The molecule has 0 amide bonds. The van der Waals surface area contributed by atoms with Gasteiger partial charge in [-0.05, 0) is 12.0 Å². The summed E-state index contributed by atoms with van der Waals surface area (Å²) < 4.78 is 4.92. The van der Waals surface area contributed by atoms with Gasteiger partial charge in [-0.15, -0.1) is 0 Å². The van der Waals surface area contributed by atoms with Crippen molar-refractivity contribution in [1.82, 2.24) is 9.97 Å². The van der Waals surface area contributed by atoms with Gasteiger partial charge in [0.05, 0.1) is 12.3 Å². The van der Waals surface area contributed by atoms with Crippen LogP contribution in [0.15, 0.2) is 6.07 Å². The molecule has 0 spiro atoms. The van der Waals surface area contributed by atoms with Crippen LogP contribution in [-0.2, 0) is 4.74 Å². The second-order valence-electron chi connectivity index (χ2n) is 3.51. The molecular weight excluding hydrogens is 214 g/mol. The quantitative estimate of drug-likeness (QED) is 0.622. The Kier molecular flexibility index (Phi) is 4.78. The smallest absolute Gasteiger partial charge is 0.224 e. The molecule has 5 heteroatoms. The highest BCUT2D eigenvalue weighted by atomic mass is 35.5. The molecule has 0 saturated carbocycles. The number of hydrogen-bond acceptors (Lipinski definition) is 4. The predicted molar refractivity (Wildman–Crippen MR) is 61.5 cm³/mol. The molecule has 0 radical (unpaired) electrons. The van der Waals surface area contributed by atoms with E-state index in [1.165, 1.54) is 0 Å². The van der Waals surface area contributed by atoms with E-state index in [9.17, 15) is 0 Å². The van der Waals surface area contributed by atoms with Gasteiger partial charge >= 0.3 is 0 Å². The van der Waals surface area contributed by atoms with Crippen LogP contribution in [0.4, 0.5) is 5.95 Å². The van der Waals surface area contributed by atoms with Crippen molar-refractivity contribution < 1.29 is 4.74 Å². The second kappa shape index (κ2) is 5.88. The fourth-order valence-electron chi connectivity index (χ4n) is 1.07. The number of halogens is 1. The monoisotopic (exact) mass is 229 g/mol. The molecule has 0 aromatic carbocycles. The van der Waals surface area contributed by atoms with Gasteiger partial charge in [0.1, 0.15) is 5.15 Å².